The van der Waals surface area contributed by atoms with Gasteiger partial charge in [-0.1, -0.05) is 5.16 Å². The summed E-state index contributed by atoms with van der Waals surface area (Å²) in [5.41, 5.74) is 6.85. The standard InChI is InChI=1S/C12H10N6O/c1-7-14-5-4-9(16-7)11-17-12(19-18-11)8-2-3-10(13)15-6-8/h2-6H,1H3,(H2,13,15). The van der Waals surface area contributed by atoms with E-state index in [4.69, 9.17) is 10.3 Å². The molecule has 0 fully saturated rings. The summed E-state index contributed by atoms with van der Waals surface area (Å²) in [5, 5.41) is 3.89. The van der Waals surface area contributed by atoms with Crippen LogP contribution in [0.2, 0.25) is 0 Å². The zero-order valence-corrected chi connectivity index (χ0v) is 10.1. The Balaban J connectivity index is 1.97. The first kappa shape index (κ1) is 11.3. The zero-order valence-electron chi connectivity index (χ0n) is 10.1. The molecule has 3 aromatic rings. The normalized spacial score (nSPS) is 10.6. The third-order valence-electron chi connectivity index (χ3n) is 2.46. The number of pyridine rings is 1. The van der Waals surface area contributed by atoms with Crippen LogP contribution < -0.4 is 5.73 Å². The van der Waals surface area contributed by atoms with Crippen LogP contribution in [-0.2, 0) is 0 Å². The Morgan fingerprint density at radius 2 is 2.00 bits per heavy atom. The maximum absolute atomic E-state index is 5.52. The fourth-order valence-corrected chi connectivity index (χ4v) is 1.56. The highest BCUT2D eigenvalue weighted by Gasteiger charge is 2.12. The SMILES string of the molecule is Cc1nccc(-c2noc(-c3ccc(N)nc3)n2)n1. The van der Waals surface area contributed by atoms with Crippen LogP contribution in [0, 0.1) is 6.92 Å². The minimum Gasteiger partial charge on any atom is -0.384 e. The quantitative estimate of drug-likeness (QED) is 0.738. The van der Waals surface area contributed by atoms with E-state index in [0.717, 1.165) is 0 Å². The summed E-state index contributed by atoms with van der Waals surface area (Å²) >= 11 is 0. The molecule has 0 aliphatic heterocycles. The molecule has 0 radical (unpaired) electrons. The average Bonchev–Trinajstić information content (AvgIpc) is 2.89. The number of aryl methyl sites for hydroxylation is 1. The van der Waals surface area contributed by atoms with Crippen molar-refractivity contribution in [3.8, 4) is 23.0 Å². The number of hydrogen-bond donors (Lipinski definition) is 1. The van der Waals surface area contributed by atoms with Gasteiger partial charge < -0.3 is 10.3 Å². The van der Waals surface area contributed by atoms with E-state index in [2.05, 4.69) is 25.1 Å². The van der Waals surface area contributed by atoms with E-state index in [0.29, 0.717) is 34.6 Å². The van der Waals surface area contributed by atoms with Crippen LogP contribution in [0.3, 0.4) is 0 Å². The molecule has 0 spiro atoms. The van der Waals surface area contributed by atoms with E-state index in [1.165, 1.54) is 0 Å². The Bertz CT molecular complexity index is 706. The van der Waals surface area contributed by atoms with Crippen LogP contribution in [0.5, 0.6) is 0 Å². The van der Waals surface area contributed by atoms with Gasteiger partial charge in [-0.15, -0.1) is 0 Å². The van der Waals surface area contributed by atoms with Gasteiger partial charge in [0.1, 0.15) is 17.3 Å². The van der Waals surface area contributed by atoms with E-state index >= 15 is 0 Å². The van der Waals surface area contributed by atoms with Crippen LogP contribution in [0.25, 0.3) is 23.0 Å². The first-order valence-corrected chi connectivity index (χ1v) is 5.58. The third-order valence-corrected chi connectivity index (χ3v) is 2.46. The molecule has 3 heterocycles. The molecule has 0 saturated heterocycles. The second kappa shape index (κ2) is 4.45. The first-order valence-electron chi connectivity index (χ1n) is 5.58. The second-order valence-corrected chi connectivity index (χ2v) is 3.88. The molecule has 7 heteroatoms. The summed E-state index contributed by atoms with van der Waals surface area (Å²) in [6.45, 7) is 1.80. The van der Waals surface area contributed by atoms with Crippen LogP contribution in [0.15, 0.2) is 35.1 Å². The largest absolute Gasteiger partial charge is 0.384 e. The van der Waals surface area contributed by atoms with E-state index in [9.17, 15) is 0 Å². The smallest absolute Gasteiger partial charge is 0.259 e. The van der Waals surface area contributed by atoms with Crippen molar-refractivity contribution in [2.24, 2.45) is 0 Å². The van der Waals surface area contributed by atoms with Crippen molar-refractivity contribution >= 4 is 5.82 Å². The van der Waals surface area contributed by atoms with Crippen molar-refractivity contribution in [2.45, 2.75) is 6.92 Å². The summed E-state index contributed by atoms with van der Waals surface area (Å²) in [7, 11) is 0. The van der Waals surface area contributed by atoms with Gasteiger partial charge in [0.05, 0.1) is 5.56 Å². The molecule has 3 rings (SSSR count). The van der Waals surface area contributed by atoms with Gasteiger partial charge in [0.15, 0.2) is 0 Å². The average molecular weight is 254 g/mol. The topological polar surface area (TPSA) is 104 Å². The van der Waals surface area contributed by atoms with Crippen molar-refractivity contribution in [1.82, 2.24) is 25.1 Å². The van der Waals surface area contributed by atoms with Crippen molar-refractivity contribution in [3.05, 3.63) is 36.4 Å². The van der Waals surface area contributed by atoms with Crippen molar-refractivity contribution in [2.75, 3.05) is 5.73 Å². The number of rotatable bonds is 2. The molecule has 19 heavy (non-hydrogen) atoms. The Kier molecular flexibility index (Phi) is 2.64. The molecule has 7 nitrogen and oxygen atoms in total. The van der Waals surface area contributed by atoms with E-state index in [-0.39, 0.29) is 0 Å². The molecule has 0 amide bonds. The van der Waals surface area contributed by atoms with Crippen molar-refractivity contribution in [3.63, 3.8) is 0 Å². The van der Waals surface area contributed by atoms with Gasteiger partial charge in [0, 0.05) is 12.4 Å². The molecule has 0 atom stereocenters. The van der Waals surface area contributed by atoms with E-state index in [1.54, 1.807) is 37.5 Å². The molecular formula is C12H10N6O. The molecule has 0 saturated carbocycles. The van der Waals surface area contributed by atoms with Gasteiger partial charge in [-0.25, -0.2) is 15.0 Å². The summed E-state index contributed by atoms with van der Waals surface area (Å²) < 4.78 is 5.18. The van der Waals surface area contributed by atoms with Crippen LogP contribution in [0.1, 0.15) is 5.82 Å². The summed E-state index contributed by atoms with van der Waals surface area (Å²) in [5.74, 6) is 1.88. The minimum absolute atomic E-state index is 0.374. The molecule has 0 aliphatic carbocycles. The number of aromatic nitrogens is 5. The van der Waals surface area contributed by atoms with Gasteiger partial charge in [0.25, 0.3) is 5.89 Å². The summed E-state index contributed by atoms with van der Waals surface area (Å²) in [6, 6.07) is 5.17. The Hall–Kier alpha value is -2.83. The predicted molar refractivity (Wildman–Crippen MR) is 67.7 cm³/mol. The van der Waals surface area contributed by atoms with Crippen LogP contribution >= 0.6 is 0 Å². The van der Waals surface area contributed by atoms with E-state index < -0.39 is 0 Å². The number of nitrogen functional groups attached to an aromatic ring is 1. The Morgan fingerprint density at radius 3 is 2.74 bits per heavy atom. The van der Waals surface area contributed by atoms with Crippen molar-refractivity contribution in [1.29, 1.82) is 0 Å². The number of nitrogens with two attached hydrogens (primary N) is 1. The lowest BCUT2D eigenvalue weighted by Crippen LogP contribution is -1.91. The molecule has 0 aliphatic rings. The van der Waals surface area contributed by atoms with Gasteiger partial charge >= 0.3 is 0 Å². The molecular weight excluding hydrogens is 244 g/mol. The molecule has 2 N–H and O–H groups in total. The fraction of sp³-hybridized carbons (Fsp3) is 0.0833. The first-order chi connectivity index (χ1) is 9.22. The van der Waals surface area contributed by atoms with Gasteiger partial charge in [0.2, 0.25) is 5.82 Å². The van der Waals surface area contributed by atoms with Gasteiger partial charge in [-0.05, 0) is 25.1 Å². The third kappa shape index (κ3) is 2.25. The van der Waals surface area contributed by atoms with Gasteiger partial charge in [-0.3, -0.25) is 0 Å². The number of nitrogens with zero attached hydrogens (tertiary/aromatic N) is 5. The number of anilines is 1. The van der Waals surface area contributed by atoms with E-state index in [1.807, 2.05) is 0 Å². The highest BCUT2D eigenvalue weighted by molar-refractivity contribution is 5.57. The lowest BCUT2D eigenvalue weighted by molar-refractivity contribution is 0.432. The Labute approximate surface area is 108 Å². The molecule has 3 aromatic heterocycles. The lowest BCUT2D eigenvalue weighted by atomic mass is 10.3. The summed E-state index contributed by atoms with van der Waals surface area (Å²) in [4.78, 5) is 16.5. The number of hydrogen-bond acceptors (Lipinski definition) is 7. The highest BCUT2D eigenvalue weighted by atomic mass is 16.5. The van der Waals surface area contributed by atoms with Crippen LogP contribution in [0.4, 0.5) is 5.82 Å². The Morgan fingerprint density at radius 1 is 1.11 bits per heavy atom. The fourth-order valence-electron chi connectivity index (χ4n) is 1.56. The molecule has 0 aromatic carbocycles. The summed E-state index contributed by atoms with van der Waals surface area (Å²) in [6.07, 6.45) is 3.23. The van der Waals surface area contributed by atoms with Crippen molar-refractivity contribution < 1.29 is 4.52 Å². The zero-order chi connectivity index (χ0) is 13.2. The monoisotopic (exact) mass is 254 g/mol. The predicted octanol–water partition coefficient (Wildman–Crippen LogP) is 1.48. The lowest BCUT2D eigenvalue weighted by Gasteiger charge is -1.94. The molecule has 94 valence electrons. The second-order valence-electron chi connectivity index (χ2n) is 3.88. The maximum Gasteiger partial charge on any atom is 0.259 e. The highest BCUT2D eigenvalue weighted by Crippen LogP contribution is 2.20. The maximum atomic E-state index is 5.52. The molecule has 0 unspecified atom stereocenters. The minimum atomic E-state index is 0.374. The van der Waals surface area contributed by atoms with Crippen LogP contribution in [-0.4, -0.2) is 25.1 Å². The van der Waals surface area contributed by atoms with Gasteiger partial charge in [-0.2, -0.15) is 4.98 Å². The molecule has 0 bridgehead atoms.